The van der Waals surface area contributed by atoms with Crippen LogP contribution in [0.2, 0.25) is 0 Å². The highest BCUT2D eigenvalue weighted by molar-refractivity contribution is 5.28. The molecule has 1 unspecified atom stereocenters. The van der Waals surface area contributed by atoms with Crippen molar-refractivity contribution in [3.8, 4) is 5.75 Å². The third kappa shape index (κ3) is 2.72. The van der Waals surface area contributed by atoms with Crippen LogP contribution in [-0.4, -0.2) is 13.7 Å². The second-order valence-electron chi connectivity index (χ2n) is 2.77. The van der Waals surface area contributed by atoms with Crippen LogP contribution >= 0.6 is 0 Å². The molecule has 0 aliphatic carbocycles. The van der Waals surface area contributed by atoms with Crippen molar-refractivity contribution in [1.82, 2.24) is 5.32 Å². The molecule has 0 spiro atoms. The van der Waals surface area contributed by atoms with Gasteiger partial charge in [-0.2, -0.15) is 0 Å². The Morgan fingerprint density at radius 3 is 2.46 bits per heavy atom. The lowest BCUT2D eigenvalue weighted by Gasteiger charge is -2.11. The maximum Gasteiger partial charge on any atom is 0.119 e. The zero-order valence-corrected chi connectivity index (χ0v) is 8.08. The predicted molar refractivity (Wildman–Crippen MR) is 53.6 cm³/mol. The number of hydrogen-bond acceptors (Lipinski definition) is 3. The van der Waals surface area contributed by atoms with Crippen LogP contribution in [0.15, 0.2) is 24.3 Å². The third-order valence-corrected chi connectivity index (χ3v) is 1.86. The number of hydrogen-bond donors (Lipinski definition) is 2. The van der Waals surface area contributed by atoms with Gasteiger partial charge in [-0.05, 0) is 31.7 Å². The molecule has 72 valence electrons. The van der Waals surface area contributed by atoms with Crippen LogP contribution in [0.3, 0.4) is 0 Å². The smallest absolute Gasteiger partial charge is 0.119 e. The van der Waals surface area contributed by atoms with Crippen molar-refractivity contribution in [2.75, 3.05) is 13.7 Å². The Bertz CT molecular complexity index is 246. The average Bonchev–Trinajstić information content (AvgIpc) is 2.18. The molecule has 0 aromatic heterocycles. The summed E-state index contributed by atoms with van der Waals surface area (Å²) in [7, 11) is 1.83. The van der Waals surface area contributed by atoms with Crippen LogP contribution in [-0.2, 0) is 0 Å². The largest absolute Gasteiger partial charge is 0.494 e. The molecule has 3 nitrogen and oxygen atoms in total. The van der Waals surface area contributed by atoms with E-state index < -0.39 is 0 Å². The van der Waals surface area contributed by atoms with E-state index >= 15 is 0 Å². The molecule has 0 bridgehead atoms. The predicted octanol–water partition coefficient (Wildman–Crippen LogP) is 1.26. The van der Waals surface area contributed by atoms with E-state index in [1.807, 2.05) is 38.2 Å². The van der Waals surface area contributed by atoms with Gasteiger partial charge in [0.05, 0.1) is 12.8 Å². The summed E-state index contributed by atoms with van der Waals surface area (Å²) in [6.07, 6.45) is -0.101. The fourth-order valence-electron chi connectivity index (χ4n) is 1.10. The first kappa shape index (κ1) is 10.0. The van der Waals surface area contributed by atoms with E-state index in [1.54, 1.807) is 0 Å². The highest BCUT2D eigenvalue weighted by atomic mass is 16.5. The van der Waals surface area contributed by atoms with Gasteiger partial charge in [-0.3, -0.25) is 0 Å². The van der Waals surface area contributed by atoms with Crippen LogP contribution in [0.5, 0.6) is 5.75 Å². The first-order chi connectivity index (χ1) is 6.27. The third-order valence-electron chi connectivity index (χ3n) is 1.86. The van der Waals surface area contributed by atoms with Gasteiger partial charge in [0, 0.05) is 0 Å². The maximum atomic E-state index is 5.77. The summed E-state index contributed by atoms with van der Waals surface area (Å²) in [5, 5.41) is 2.97. The molecule has 0 fully saturated rings. The highest BCUT2D eigenvalue weighted by Gasteiger charge is 2.01. The van der Waals surface area contributed by atoms with E-state index in [1.165, 1.54) is 0 Å². The monoisotopic (exact) mass is 180 g/mol. The van der Waals surface area contributed by atoms with Gasteiger partial charge < -0.3 is 15.8 Å². The number of benzene rings is 1. The summed E-state index contributed by atoms with van der Waals surface area (Å²) >= 11 is 0. The van der Waals surface area contributed by atoms with Crippen LogP contribution in [0, 0.1) is 0 Å². The lowest BCUT2D eigenvalue weighted by molar-refractivity contribution is 0.340. The molecule has 0 radical (unpaired) electrons. The molecule has 1 aromatic carbocycles. The second-order valence-corrected chi connectivity index (χ2v) is 2.77. The molecule has 0 amide bonds. The molecule has 1 aromatic rings. The molecule has 0 heterocycles. The van der Waals surface area contributed by atoms with Gasteiger partial charge in [0.25, 0.3) is 0 Å². The molecular formula is C10H16N2O. The van der Waals surface area contributed by atoms with Crippen molar-refractivity contribution in [2.45, 2.75) is 13.1 Å². The van der Waals surface area contributed by atoms with E-state index in [0.717, 1.165) is 11.3 Å². The first-order valence-corrected chi connectivity index (χ1v) is 4.43. The van der Waals surface area contributed by atoms with Crippen LogP contribution in [0.1, 0.15) is 18.7 Å². The lowest BCUT2D eigenvalue weighted by atomic mass is 10.2. The molecule has 0 saturated carbocycles. The van der Waals surface area contributed by atoms with E-state index in [2.05, 4.69) is 5.32 Å². The average molecular weight is 180 g/mol. The van der Waals surface area contributed by atoms with Gasteiger partial charge in [-0.1, -0.05) is 12.1 Å². The molecule has 1 rings (SSSR count). The minimum absolute atomic E-state index is 0.101. The molecule has 13 heavy (non-hydrogen) atoms. The Balaban J connectivity index is 2.69. The van der Waals surface area contributed by atoms with Gasteiger partial charge in [0.2, 0.25) is 0 Å². The van der Waals surface area contributed by atoms with Crippen LogP contribution in [0.25, 0.3) is 0 Å². The molecule has 3 N–H and O–H groups in total. The summed E-state index contributed by atoms with van der Waals surface area (Å²) in [6, 6.07) is 7.78. The number of nitrogens with two attached hydrogens (primary N) is 1. The first-order valence-electron chi connectivity index (χ1n) is 4.43. The van der Waals surface area contributed by atoms with Crippen molar-refractivity contribution in [1.29, 1.82) is 0 Å². The zero-order chi connectivity index (χ0) is 9.68. The van der Waals surface area contributed by atoms with Crippen LogP contribution < -0.4 is 15.8 Å². The fourth-order valence-corrected chi connectivity index (χ4v) is 1.10. The Morgan fingerprint density at radius 1 is 1.38 bits per heavy atom. The summed E-state index contributed by atoms with van der Waals surface area (Å²) < 4.78 is 5.31. The molecule has 0 saturated heterocycles. The maximum absolute atomic E-state index is 5.77. The molecular weight excluding hydrogens is 164 g/mol. The van der Waals surface area contributed by atoms with Crippen molar-refractivity contribution >= 4 is 0 Å². The summed E-state index contributed by atoms with van der Waals surface area (Å²) in [6.45, 7) is 2.66. The number of rotatable bonds is 4. The highest BCUT2D eigenvalue weighted by Crippen LogP contribution is 2.14. The standard InChI is InChI=1S/C10H16N2O/c1-3-13-9-6-4-8(5-7-9)10(11)12-2/h4-7,10,12H,3,11H2,1-2H3. The Labute approximate surface area is 78.9 Å². The van der Waals surface area contributed by atoms with Crippen molar-refractivity contribution < 1.29 is 4.74 Å². The van der Waals surface area contributed by atoms with Crippen molar-refractivity contribution in [2.24, 2.45) is 5.73 Å². The Hall–Kier alpha value is -1.06. The second kappa shape index (κ2) is 4.84. The Morgan fingerprint density at radius 2 is 2.00 bits per heavy atom. The fraction of sp³-hybridized carbons (Fsp3) is 0.400. The van der Waals surface area contributed by atoms with Gasteiger partial charge >= 0.3 is 0 Å². The van der Waals surface area contributed by atoms with Crippen molar-refractivity contribution in [3.05, 3.63) is 29.8 Å². The normalized spacial score (nSPS) is 12.5. The molecule has 0 aliphatic rings. The quantitative estimate of drug-likeness (QED) is 0.686. The van der Waals surface area contributed by atoms with E-state index in [0.29, 0.717) is 6.61 Å². The van der Waals surface area contributed by atoms with E-state index in [9.17, 15) is 0 Å². The summed E-state index contributed by atoms with van der Waals surface area (Å²) in [5.41, 5.74) is 6.83. The lowest BCUT2D eigenvalue weighted by Crippen LogP contribution is -2.24. The molecule has 1 atom stereocenters. The van der Waals surface area contributed by atoms with E-state index in [4.69, 9.17) is 10.5 Å². The minimum atomic E-state index is -0.101. The van der Waals surface area contributed by atoms with E-state index in [-0.39, 0.29) is 6.17 Å². The van der Waals surface area contributed by atoms with Gasteiger partial charge in [-0.25, -0.2) is 0 Å². The van der Waals surface area contributed by atoms with Crippen molar-refractivity contribution in [3.63, 3.8) is 0 Å². The minimum Gasteiger partial charge on any atom is -0.494 e. The summed E-state index contributed by atoms with van der Waals surface area (Å²) in [4.78, 5) is 0. The number of ether oxygens (including phenoxy) is 1. The molecule has 3 heteroatoms. The topological polar surface area (TPSA) is 47.3 Å². The molecule has 0 aliphatic heterocycles. The number of nitrogens with one attached hydrogen (secondary N) is 1. The zero-order valence-electron chi connectivity index (χ0n) is 8.08. The van der Waals surface area contributed by atoms with Crippen LogP contribution in [0.4, 0.5) is 0 Å². The van der Waals surface area contributed by atoms with Gasteiger partial charge in [0.15, 0.2) is 0 Å². The van der Waals surface area contributed by atoms with Gasteiger partial charge in [-0.15, -0.1) is 0 Å². The SMILES string of the molecule is CCOc1ccc(C(N)NC)cc1. The van der Waals surface area contributed by atoms with Gasteiger partial charge in [0.1, 0.15) is 5.75 Å². The summed E-state index contributed by atoms with van der Waals surface area (Å²) in [5.74, 6) is 0.884. The Kier molecular flexibility index (Phi) is 3.73.